The van der Waals surface area contributed by atoms with Gasteiger partial charge in [-0.15, -0.1) is 0 Å². The molecule has 3 aromatic rings. The standard InChI is InChI=1S/C22H24N2O3/c1-15-12-20(16(2)24(15)18-8-6-5-7-9-18)22(25)23-14-17-10-11-19(26-3)13-21(17)27-4/h5-13H,14H2,1-4H3,(H,23,25). The van der Waals surface area contributed by atoms with Gasteiger partial charge in [-0.3, -0.25) is 4.79 Å². The van der Waals surface area contributed by atoms with Crippen LogP contribution in [0.25, 0.3) is 5.69 Å². The highest BCUT2D eigenvalue weighted by molar-refractivity contribution is 5.95. The van der Waals surface area contributed by atoms with Crippen LogP contribution in [0, 0.1) is 13.8 Å². The third-order valence-corrected chi connectivity index (χ3v) is 4.62. The first-order valence-electron chi connectivity index (χ1n) is 8.78. The van der Waals surface area contributed by atoms with Crippen LogP contribution in [0.5, 0.6) is 11.5 Å². The lowest BCUT2D eigenvalue weighted by atomic mass is 10.1. The number of ether oxygens (including phenoxy) is 2. The molecule has 0 radical (unpaired) electrons. The molecule has 2 aromatic carbocycles. The van der Waals surface area contributed by atoms with Crippen LogP contribution in [0.3, 0.4) is 0 Å². The highest BCUT2D eigenvalue weighted by Crippen LogP contribution is 2.25. The summed E-state index contributed by atoms with van der Waals surface area (Å²) < 4.78 is 12.7. The number of hydrogen-bond donors (Lipinski definition) is 1. The fraction of sp³-hybridized carbons (Fsp3) is 0.227. The molecule has 0 saturated carbocycles. The van der Waals surface area contributed by atoms with Crippen molar-refractivity contribution >= 4 is 5.91 Å². The number of carbonyl (C=O) groups excluding carboxylic acids is 1. The van der Waals surface area contributed by atoms with Crippen LogP contribution in [0.4, 0.5) is 0 Å². The quantitative estimate of drug-likeness (QED) is 0.718. The largest absolute Gasteiger partial charge is 0.497 e. The summed E-state index contributed by atoms with van der Waals surface area (Å²) in [5.41, 5.74) is 4.54. The van der Waals surface area contributed by atoms with Gasteiger partial charge < -0.3 is 19.4 Å². The molecular weight excluding hydrogens is 340 g/mol. The molecule has 0 aliphatic heterocycles. The smallest absolute Gasteiger partial charge is 0.253 e. The van der Waals surface area contributed by atoms with Crippen molar-refractivity contribution in [2.24, 2.45) is 0 Å². The first kappa shape index (κ1) is 18.6. The molecule has 1 N–H and O–H groups in total. The normalized spacial score (nSPS) is 10.5. The molecule has 5 nitrogen and oxygen atoms in total. The highest BCUT2D eigenvalue weighted by atomic mass is 16.5. The van der Waals surface area contributed by atoms with E-state index < -0.39 is 0 Å². The SMILES string of the molecule is COc1ccc(CNC(=O)c2cc(C)n(-c3ccccc3)c2C)c(OC)c1. The van der Waals surface area contributed by atoms with Gasteiger partial charge in [0.05, 0.1) is 19.8 Å². The zero-order valence-corrected chi connectivity index (χ0v) is 16.1. The Labute approximate surface area is 159 Å². The number of nitrogens with zero attached hydrogens (tertiary/aromatic N) is 1. The van der Waals surface area contributed by atoms with Crippen LogP contribution in [0.2, 0.25) is 0 Å². The minimum atomic E-state index is -0.108. The van der Waals surface area contributed by atoms with Crippen LogP contribution in [0.1, 0.15) is 27.3 Å². The van der Waals surface area contributed by atoms with Gasteiger partial charge >= 0.3 is 0 Å². The second kappa shape index (κ2) is 7.99. The number of amides is 1. The fourth-order valence-electron chi connectivity index (χ4n) is 3.24. The summed E-state index contributed by atoms with van der Waals surface area (Å²) in [7, 11) is 3.21. The Balaban J connectivity index is 1.80. The number of aryl methyl sites for hydroxylation is 1. The molecule has 5 heteroatoms. The summed E-state index contributed by atoms with van der Waals surface area (Å²) in [6.45, 7) is 4.34. The van der Waals surface area contributed by atoms with Crippen LogP contribution in [-0.2, 0) is 6.54 Å². The number of methoxy groups -OCH3 is 2. The molecule has 1 heterocycles. The molecule has 0 fully saturated rings. The van der Waals surface area contributed by atoms with E-state index in [0.717, 1.165) is 22.6 Å². The molecule has 0 spiro atoms. The van der Waals surface area contributed by atoms with Crippen molar-refractivity contribution in [3.63, 3.8) is 0 Å². The summed E-state index contributed by atoms with van der Waals surface area (Å²) in [5.74, 6) is 1.29. The van der Waals surface area contributed by atoms with E-state index in [-0.39, 0.29) is 5.91 Å². The van der Waals surface area contributed by atoms with Crippen molar-refractivity contribution in [1.82, 2.24) is 9.88 Å². The maximum Gasteiger partial charge on any atom is 0.253 e. The second-order valence-corrected chi connectivity index (χ2v) is 6.32. The number of rotatable bonds is 6. The molecule has 3 rings (SSSR count). The van der Waals surface area contributed by atoms with Gasteiger partial charge in [-0.25, -0.2) is 0 Å². The van der Waals surface area contributed by atoms with E-state index in [1.807, 2.05) is 68.4 Å². The van der Waals surface area contributed by atoms with E-state index in [4.69, 9.17) is 9.47 Å². The van der Waals surface area contributed by atoms with Gasteiger partial charge in [-0.1, -0.05) is 18.2 Å². The van der Waals surface area contributed by atoms with Crippen LogP contribution < -0.4 is 14.8 Å². The molecule has 0 bridgehead atoms. The van der Waals surface area contributed by atoms with Crippen molar-refractivity contribution < 1.29 is 14.3 Å². The summed E-state index contributed by atoms with van der Waals surface area (Å²) in [5, 5.41) is 2.99. The van der Waals surface area contributed by atoms with Gasteiger partial charge in [0.1, 0.15) is 11.5 Å². The van der Waals surface area contributed by atoms with E-state index in [0.29, 0.717) is 23.6 Å². The molecule has 0 aliphatic carbocycles. The molecule has 0 aliphatic rings. The summed E-state index contributed by atoms with van der Waals surface area (Å²) in [6.07, 6.45) is 0. The molecule has 1 amide bonds. The average molecular weight is 364 g/mol. The Kier molecular flexibility index (Phi) is 5.50. The minimum absolute atomic E-state index is 0.108. The maximum atomic E-state index is 12.8. The lowest BCUT2D eigenvalue weighted by Gasteiger charge is -2.12. The van der Waals surface area contributed by atoms with Crippen LogP contribution in [0.15, 0.2) is 54.6 Å². The molecule has 0 atom stereocenters. The van der Waals surface area contributed by atoms with Gasteiger partial charge in [-0.2, -0.15) is 0 Å². The summed E-state index contributed by atoms with van der Waals surface area (Å²) in [4.78, 5) is 12.8. The monoisotopic (exact) mass is 364 g/mol. The van der Waals surface area contributed by atoms with E-state index in [9.17, 15) is 4.79 Å². The predicted octanol–water partition coefficient (Wildman–Crippen LogP) is 4.04. The first-order chi connectivity index (χ1) is 13.0. The number of benzene rings is 2. The zero-order chi connectivity index (χ0) is 19.4. The Bertz CT molecular complexity index is 946. The highest BCUT2D eigenvalue weighted by Gasteiger charge is 2.17. The predicted molar refractivity (Wildman–Crippen MR) is 106 cm³/mol. The minimum Gasteiger partial charge on any atom is -0.497 e. The van der Waals surface area contributed by atoms with Crippen molar-refractivity contribution in [1.29, 1.82) is 0 Å². The summed E-state index contributed by atoms with van der Waals surface area (Å²) in [6, 6.07) is 17.5. The first-order valence-corrected chi connectivity index (χ1v) is 8.78. The third kappa shape index (κ3) is 3.82. The van der Waals surface area contributed by atoms with E-state index in [1.54, 1.807) is 14.2 Å². The number of carbonyl (C=O) groups is 1. The van der Waals surface area contributed by atoms with Crippen molar-refractivity contribution in [2.45, 2.75) is 20.4 Å². The maximum absolute atomic E-state index is 12.8. The Hall–Kier alpha value is -3.21. The summed E-state index contributed by atoms with van der Waals surface area (Å²) >= 11 is 0. The number of aromatic nitrogens is 1. The van der Waals surface area contributed by atoms with Gasteiger partial charge in [0, 0.05) is 35.2 Å². The van der Waals surface area contributed by atoms with Gasteiger partial charge in [0.15, 0.2) is 0 Å². The molecule has 27 heavy (non-hydrogen) atoms. The number of para-hydroxylation sites is 1. The fourth-order valence-corrected chi connectivity index (χ4v) is 3.24. The van der Waals surface area contributed by atoms with Gasteiger partial charge in [0.2, 0.25) is 0 Å². The Morgan fingerprint density at radius 2 is 1.74 bits per heavy atom. The average Bonchev–Trinajstić information content (AvgIpc) is 3.00. The van der Waals surface area contributed by atoms with E-state index >= 15 is 0 Å². The number of nitrogens with one attached hydrogen (secondary N) is 1. The van der Waals surface area contributed by atoms with Crippen molar-refractivity contribution in [3.8, 4) is 17.2 Å². The Morgan fingerprint density at radius 1 is 1.00 bits per heavy atom. The topological polar surface area (TPSA) is 52.5 Å². The van der Waals surface area contributed by atoms with Gasteiger partial charge in [-0.05, 0) is 44.2 Å². The molecular formula is C22H24N2O3. The third-order valence-electron chi connectivity index (χ3n) is 4.62. The molecule has 0 unspecified atom stereocenters. The van der Waals surface area contributed by atoms with E-state index in [1.165, 1.54) is 0 Å². The van der Waals surface area contributed by atoms with Crippen LogP contribution >= 0.6 is 0 Å². The van der Waals surface area contributed by atoms with Crippen molar-refractivity contribution in [3.05, 3.63) is 77.1 Å². The number of hydrogen-bond acceptors (Lipinski definition) is 3. The van der Waals surface area contributed by atoms with Crippen LogP contribution in [-0.4, -0.2) is 24.7 Å². The Morgan fingerprint density at radius 3 is 2.41 bits per heavy atom. The molecule has 1 aromatic heterocycles. The second-order valence-electron chi connectivity index (χ2n) is 6.32. The molecule has 140 valence electrons. The van der Waals surface area contributed by atoms with Crippen molar-refractivity contribution in [2.75, 3.05) is 14.2 Å². The zero-order valence-electron chi connectivity index (χ0n) is 16.1. The lowest BCUT2D eigenvalue weighted by Crippen LogP contribution is -2.23. The molecule has 0 saturated heterocycles. The van der Waals surface area contributed by atoms with E-state index in [2.05, 4.69) is 9.88 Å². The lowest BCUT2D eigenvalue weighted by molar-refractivity contribution is 0.0950. The van der Waals surface area contributed by atoms with Gasteiger partial charge in [0.25, 0.3) is 5.91 Å².